The summed E-state index contributed by atoms with van der Waals surface area (Å²) in [5, 5.41) is 0. The van der Waals surface area contributed by atoms with Gasteiger partial charge in [0.25, 0.3) is 0 Å². The SMILES string of the molecule is C=Cc1ccc(C2CCC(C3CCC(C=C)CC3)CC2)c(F)c1F. The number of benzene rings is 1. The molecule has 0 nitrogen and oxygen atoms in total. The Morgan fingerprint density at radius 1 is 0.792 bits per heavy atom. The first-order chi connectivity index (χ1) is 11.6. The van der Waals surface area contributed by atoms with E-state index in [1.54, 1.807) is 12.1 Å². The van der Waals surface area contributed by atoms with E-state index in [1.165, 1.54) is 31.8 Å². The van der Waals surface area contributed by atoms with Crippen molar-refractivity contribution in [2.24, 2.45) is 17.8 Å². The van der Waals surface area contributed by atoms with Crippen LogP contribution in [0.5, 0.6) is 0 Å². The molecule has 2 saturated carbocycles. The normalized spacial score (nSPS) is 30.8. The molecule has 1 aromatic rings. The fourth-order valence-electron chi connectivity index (χ4n) is 4.81. The van der Waals surface area contributed by atoms with Crippen LogP contribution in [0.1, 0.15) is 68.4 Å². The minimum Gasteiger partial charge on any atom is -0.203 e. The highest BCUT2D eigenvalue weighted by atomic mass is 19.2. The highest BCUT2D eigenvalue weighted by Crippen LogP contribution is 2.44. The first-order valence-electron chi connectivity index (χ1n) is 9.37. The zero-order valence-electron chi connectivity index (χ0n) is 14.4. The molecular weight excluding hydrogens is 302 g/mol. The summed E-state index contributed by atoms with van der Waals surface area (Å²) >= 11 is 0. The molecule has 2 fully saturated rings. The van der Waals surface area contributed by atoms with Crippen LogP contribution >= 0.6 is 0 Å². The second kappa shape index (κ2) is 7.63. The second-order valence-electron chi connectivity index (χ2n) is 7.60. The molecule has 0 unspecified atom stereocenters. The number of allylic oxidation sites excluding steroid dienone is 1. The van der Waals surface area contributed by atoms with Crippen molar-refractivity contribution in [3.05, 3.63) is 54.1 Å². The predicted octanol–water partition coefficient (Wildman–Crippen LogP) is 6.87. The largest absolute Gasteiger partial charge is 0.203 e. The third-order valence-corrected chi connectivity index (χ3v) is 6.39. The summed E-state index contributed by atoms with van der Waals surface area (Å²) in [5.74, 6) is 1.06. The zero-order valence-corrected chi connectivity index (χ0v) is 14.4. The highest BCUT2D eigenvalue weighted by Gasteiger charge is 2.31. The van der Waals surface area contributed by atoms with Crippen LogP contribution < -0.4 is 0 Å². The Bertz CT molecular complexity index is 588. The van der Waals surface area contributed by atoms with Gasteiger partial charge < -0.3 is 0 Å². The number of hydrogen-bond acceptors (Lipinski definition) is 0. The lowest BCUT2D eigenvalue weighted by molar-refractivity contribution is 0.170. The van der Waals surface area contributed by atoms with E-state index >= 15 is 0 Å². The van der Waals surface area contributed by atoms with Crippen LogP contribution in [-0.2, 0) is 0 Å². The van der Waals surface area contributed by atoms with Gasteiger partial charge in [-0.2, -0.15) is 0 Å². The third-order valence-electron chi connectivity index (χ3n) is 6.39. The van der Waals surface area contributed by atoms with Gasteiger partial charge >= 0.3 is 0 Å². The van der Waals surface area contributed by atoms with Gasteiger partial charge in [0.05, 0.1) is 0 Å². The van der Waals surface area contributed by atoms with Crippen molar-refractivity contribution in [3.63, 3.8) is 0 Å². The summed E-state index contributed by atoms with van der Waals surface area (Å²) in [6.07, 6.45) is 12.9. The van der Waals surface area contributed by atoms with Gasteiger partial charge in [-0.3, -0.25) is 0 Å². The second-order valence-corrected chi connectivity index (χ2v) is 7.60. The van der Waals surface area contributed by atoms with E-state index < -0.39 is 11.6 Å². The van der Waals surface area contributed by atoms with Crippen LogP contribution in [0.15, 0.2) is 31.4 Å². The van der Waals surface area contributed by atoms with Gasteiger partial charge in [0.1, 0.15) is 0 Å². The first-order valence-corrected chi connectivity index (χ1v) is 9.37. The van der Waals surface area contributed by atoms with E-state index in [9.17, 15) is 8.78 Å². The minimum absolute atomic E-state index is 0.166. The average molecular weight is 330 g/mol. The molecule has 0 aliphatic heterocycles. The van der Waals surface area contributed by atoms with Gasteiger partial charge in [-0.1, -0.05) is 30.9 Å². The Hall–Kier alpha value is -1.44. The topological polar surface area (TPSA) is 0 Å². The van der Waals surface area contributed by atoms with Crippen molar-refractivity contribution < 1.29 is 8.78 Å². The van der Waals surface area contributed by atoms with Gasteiger partial charge in [0.15, 0.2) is 11.6 Å². The zero-order chi connectivity index (χ0) is 17.1. The summed E-state index contributed by atoms with van der Waals surface area (Å²) in [6.45, 7) is 7.46. The Morgan fingerprint density at radius 2 is 1.38 bits per heavy atom. The predicted molar refractivity (Wildman–Crippen MR) is 96.8 cm³/mol. The summed E-state index contributed by atoms with van der Waals surface area (Å²) in [7, 11) is 0. The molecule has 0 radical (unpaired) electrons. The van der Waals surface area contributed by atoms with Crippen molar-refractivity contribution >= 4 is 6.08 Å². The van der Waals surface area contributed by atoms with Crippen LogP contribution in [0.4, 0.5) is 8.78 Å². The summed E-state index contributed by atoms with van der Waals surface area (Å²) in [5.41, 5.74) is 0.816. The van der Waals surface area contributed by atoms with E-state index in [0.29, 0.717) is 11.5 Å². The van der Waals surface area contributed by atoms with E-state index in [2.05, 4.69) is 19.2 Å². The van der Waals surface area contributed by atoms with Crippen molar-refractivity contribution in [1.82, 2.24) is 0 Å². The smallest absolute Gasteiger partial charge is 0.166 e. The number of hydrogen-bond donors (Lipinski definition) is 0. The molecule has 2 aliphatic carbocycles. The van der Waals surface area contributed by atoms with Gasteiger partial charge in [-0.25, -0.2) is 8.78 Å². The molecule has 0 bridgehead atoms. The summed E-state index contributed by atoms with van der Waals surface area (Å²) in [4.78, 5) is 0. The Kier molecular flexibility index (Phi) is 5.53. The Labute approximate surface area is 144 Å². The molecule has 0 atom stereocenters. The van der Waals surface area contributed by atoms with Crippen LogP contribution in [0.25, 0.3) is 6.08 Å². The van der Waals surface area contributed by atoms with E-state index in [4.69, 9.17) is 0 Å². The average Bonchev–Trinajstić information content (AvgIpc) is 2.64. The third kappa shape index (κ3) is 3.48. The Morgan fingerprint density at radius 3 is 1.92 bits per heavy atom. The maximum atomic E-state index is 14.3. The summed E-state index contributed by atoms with van der Waals surface area (Å²) in [6, 6.07) is 3.42. The molecule has 0 saturated heterocycles. The van der Waals surface area contributed by atoms with Crippen molar-refractivity contribution in [1.29, 1.82) is 0 Å². The number of halogens is 2. The monoisotopic (exact) mass is 330 g/mol. The van der Waals surface area contributed by atoms with Crippen molar-refractivity contribution in [2.45, 2.75) is 57.3 Å². The van der Waals surface area contributed by atoms with Crippen molar-refractivity contribution in [2.75, 3.05) is 0 Å². The quantitative estimate of drug-likeness (QED) is 0.528. The molecule has 0 spiro atoms. The molecule has 2 aliphatic rings. The van der Waals surface area contributed by atoms with Gasteiger partial charge in [0.2, 0.25) is 0 Å². The van der Waals surface area contributed by atoms with Gasteiger partial charge in [0, 0.05) is 5.56 Å². The first kappa shape index (κ1) is 17.4. The lowest BCUT2D eigenvalue weighted by Crippen LogP contribution is -2.25. The molecule has 2 heteroatoms. The molecule has 0 amide bonds. The molecule has 24 heavy (non-hydrogen) atoms. The maximum absolute atomic E-state index is 14.3. The fraction of sp³-hybridized carbons (Fsp3) is 0.545. The molecule has 0 aromatic heterocycles. The molecule has 0 heterocycles. The molecule has 130 valence electrons. The highest BCUT2D eigenvalue weighted by molar-refractivity contribution is 5.49. The molecule has 0 N–H and O–H groups in total. The van der Waals surface area contributed by atoms with Crippen LogP contribution in [0.3, 0.4) is 0 Å². The lowest BCUT2D eigenvalue weighted by Gasteiger charge is -2.37. The standard InChI is InChI=1S/C22H28F2/c1-3-15-5-7-17(8-6-15)18-9-11-19(12-10-18)20-14-13-16(4-2)21(23)22(20)24/h3-4,13-15,17-19H,1-2,5-12H2. The van der Waals surface area contributed by atoms with Crippen LogP contribution in [0.2, 0.25) is 0 Å². The van der Waals surface area contributed by atoms with E-state index in [0.717, 1.165) is 37.5 Å². The van der Waals surface area contributed by atoms with E-state index in [-0.39, 0.29) is 11.5 Å². The van der Waals surface area contributed by atoms with Gasteiger partial charge in [-0.05, 0) is 80.6 Å². The van der Waals surface area contributed by atoms with Crippen LogP contribution in [-0.4, -0.2) is 0 Å². The fourth-order valence-corrected chi connectivity index (χ4v) is 4.81. The molecule has 3 rings (SSSR count). The van der Waals surface area contributed by atoms with Crippen molar-refractivity contribution in [3.8, 4) is 0 Å². The Balaban J connectivity index is 1.60. The number of rotatable bonds is 4. The molecule has 1 aromatic carbocycles. The van der Waals surface area contributed by atoms with E-state index in [1.807, 2.05) is 0 Å². The van der Waals surface area contributed by atoms with Gasteiger partial charge in [-0.15, -0.1) is 6.58 Å². The summed E-state index contributed by atoms with van der Waals surface area (Å²) < 4.78 is 28.3. The minimum atomic E-state index is -0.743. The lowest BCUT2D eigenvalue weighted by atomic mass is 9.68. The maximum Gasteiger partial charge on any atom is 0.166 e. The van der Waals surface area contributed by atoms with Crippen LogP contribution in [0, 0.1) is 29.4 Å². The molecular formula is C22H28F2.